The van der Waals surface area contributed by atoms with E-state index in [9.17, 15) is 0 Å². The van der Waals surface area contributed by atoms with Gasteiger partial charge in [0, 0.05) is 110 Å². The zero-order chi connectivity index (χ0) is 84.5. The summed E-state index contributed by atoms with van der Waals surface area (Å²) in [5.74, 6) is 0. The highest BCUT2D eigenvalue weighted by Gasteiger charge is 2.28. The van der Waals surface area contributed by atoms with Crippen molar-refractivity contribution in [2.45, 2.75) is 0 Å². The molecule has 3 aromatic heterocycles. The number of hydrogen-bond donors (Lipinski definition) is 0. The molecule has 0 spiro atoms. The minimum absolute atomic E-state index is 1.13. The molecule has 0 aliphatic heterocycles. The minimum atomic E-state index is 1.13. The van der Waals surface area contributed by atoms with Gasteiger partial charge in [-0.25, -0.2) is 0 Å². The van der Waals surface area contributed by atoms with Gasteiger partial charge in [0.1, 0.15) is 0 Å². The van der Waals surface area contributed by atoms with Crippen LogP contribution in [0.1, 0.15) is 0 Å². The first-order chi connectivity index (χ1) is 63.6. The molecule has 0 N–H and O–H groups in total. The van der Waals surface area contributed by atoms with Gasteiger partial charge in [-0.15, -0.1) is 0 Å². The number of benzene rings is 23. The average molecular weight is 1630 g/mol. The molecule has 0 aliphatic rings. The first-order valence-corrected chi connectivity index (χ1v) is 44.0. The maximum absolute atomic E-state index is 2.49. The smallest absolute Gasteiger partial charge is 0.0620 e. The molecule has 6 heteroatoms. The van der Waals surface area contributed by atoms with Crippen LogP contribution in [-0.4, -0.2) is 13.7 Å². The van der Waals surface area contributed by atoms with Crippen molar-refractivity contribution in [3.05, 3.63) is 497 Å². The molecule has 23 aromatic carbocycles. The minimum Gasteiger partial charge on any atom is -0.310 e. The molecular formula is C122H82N6. The van der Waals surface area contributed by atoms with E-state index in [0.29, 0.717) is 0 Å². The summed E-state index contributed by atoms with van der Waals surface area (Å²) in [4.78, 5) is 7.18. The van der Waals surface area contributed by atoms with Crippen LogP contribution in [-0.2, 0) is 0 Å². The van der Waals surface area contributed by atoms with Gasteiger partial charge in [-0.05, 0) is 200 Å². The summed E-state index contributed by atoms with van der Waals surface area (Å²) < 4.78 is 7.34. The van der Waals surface area contributed by atoms with E-state index in [-0.39, 0.29) is 0 Å². The van der Waals surface area contributed by atoms with Crippen LogP contribution in [0.2, 0.25) is 0 Å². The Hall–Kier alpha value is -17.1. The van der Waals surface area contributed by atoms with E-state index in [1.54, 1.807) is 0 Å². The molecule has 0 fully saturated rings. The largest absolute Gasteiger partial charge is 0.310 e. The molecule has 6 nitrogen and oxygen atoms in total. The Bertz CT molecular complexity index is 8490. The normalized spacial score (nSPS) is 11.6. The predicted octanol–water partition coefficient (Wildman–Crippen LogP) is 34.0. The number of para-hydroxylation sites is 12. The molecule has 26 aromatic rings. The van der Waals surface area contributed by atoms with Crippen LogP contribution in [0.3, 0.4) is 0 Å². The van der Waals surface area contributed by atoms with Crippen LogP contribution < -0.4 is 14.7 Å². The van der Waals surface area contributed by atoms with Crippen LogP contribution in [0.15, 0.2) is 497 Å². The van der Waals surface area contributed by atoms with Crippen molar-refractivity contribution in [3.63, 3.8) is 0 Å². The molecule has 3 heterocycles. The number of aromatic nitrogens is 3. The summed E-state index contributed by atoms with van der Waals surface area (Å²) in [5, 5.41) is 27.3. The van der Waals surface area contributed by atoms with Crippen molar-refractivity contribution in [3.8, 4) is 17.1 Å². The first kappa shape index (κ1) is 74.7. The van der Waals surface area contributed by atoms with Crippen LogP contribution >= 0.6 is 0 Å². The van der Waals surface area contributed by atoms with Gasteiger partial charge in [-0.3, -0.25) is 0 Å². The van der Waals surface area contributed by atoms with Crippen molar-refractivity contribution in [2.75, 3.05) is 14.7 Å². The third-order valence-electron chi connectivity index (χ3n) is 25.7. The lowest BCUT2D eigenvalue weighted by atomic mass is 9.94. The van der Waals surface area contributed by atoms with Gasteiger partial charge in [-0.2, -0.15) is 0 Å². The molecule has 0 unspecified atom stereocenters. The third kappa shape index (κ3) is 12.6. The molecule has 600 valence electrons. The Morgan fingerprint density at radius 2 is 0.430 bits per heavy atom. The summed E-state index contributed by atoms with van der Waals surface area (Å²) in [7, 11) is 0. The zero-order valence-corrected chi connectivity index (χ0v) is 70.0. The zero-order valence-electron chi connectivity index (χ0n) is 70.0. The van der Waals surface area contributed by atoms with E-state index in [0.717, 1.165) is 34.1 Å². The van der Waals surface area contributed by atoms with E-state index in [1.807, 2.05) is 0 Å². The van der Waals surface area contributed by atoms with Crippen molar-refractivity contribution in [2.24, 2.45) is 0 Å². The summed E-state index contributed by atoms with van der Waals surface area (Å²) in [5.41, 5.74) is 21.2. The summed E-state index contributed by atoms with van der Waals surface area (Å²) in [6.45, 7) is 0. The maximum atomic E-state index is 2.49. The maximum Gasteiger partial charge on any atom is 0.0620 e. The molecule has 0 radical (unpaired) electrons. The monoisotopic (exact) mass is 1630 g/mol. The summed E-state index contributed by atoms with van der Waals surface area (Å²) in [6, 6.07) is 180. The highest BCUT2D eigenvalue weighted by molar-refractivity contribution is 6.27. The van der Waals surface area contributed by atoms with Crippen LogP contribution in [0.5, 0.6) is 0 Å². The molecule has 0 atom stereocenters. The van der Waals surface area contributed by atoms with Crippen molar-refractivity contribution >= 4 is 203 Å². The van der Waals surface area contributed by atoms with E-state index < -0.39 is 0 Å². The van der Waals surface area contributed by atoms with Gasteiger partial charge >= 0.3 is 0 Å². The fraction of sp³-hybridized carbons (Fsp3) is 0. The number of nitrogens with zero attached hydrogens (tertiary/aromatic N) is 6. The van der Waals surface area contributed by atoms with E-state index in [2.05, 4.69) is 526 Å². The van der Waals surface area contributed by atoms with Crippen LogP contribution in [0.4, 0.5) is 51.2 Å². The van der Waals surface area contributed by atoms with Crippen molar-refractivity contribution < 1.29 is 0 Å². The topological polar surface area (TPSA) is 24.5 Å². The Morgan fingerprint density at radius 1 is 0.141 bits per heavy atom. The number of anilines is 9. The van der Waals surface area contributed by atoms with Gasteiger partial charge in [0.2, 0.25) is 0 Å². The highest BCUT2D eigenvalue weighted by atomic mass is 15.2. The first-order valence-electron chi connectivity index (χ1n) is 44.0. The van der Waals surface area contributed by atoms with E-state index in [1.165, 1.54) is 186 Å². The Kier molecular flexibility index (Phi) is 18.5. The Balaban J connectivity index is 0.000000107. The fourth-order valence-electron chi connectivity index (χ4n) is 20.2. The second-order valence-electron chi connectivity index (χ2n) is 32.9. The molecule has 0 amide bonds. The standard InChI is InChI=1S/2C42H28N2.C38H26N2/c1-3-15-29(16-4-1)43(30-17-5-2-6-18-30)41-27-37-32-20-8-10-22-34(32)42(28-38(37)31-19-7-9-21-33(31)41)44-39-25-13-11-23-35(39)36-24-12-14-26-40(36)44;1-3-17-31(18-4-1)43(32-19-5-2-6-20-32)41-35-23-9-10-24-36(35)42(38-28-30-16-8-7-15-29(30)27-37(38)41)44-39-25-13-11-21-33(39)34-22-12-14-26-40(34)44;1-3-13-28(14-4-1)39(29-15-5-2-6-16-29)38-25-27-23-24-30(26-35(27)31-17-7-8-18-32(31)38)40-36-21-11-9-19-33(36)34-20-10-12-22-37(34)40/h2*1-28H;1-26H. The molecule has 0 saturated carbocycles. The van der Waals surface area contributed by atoms with Crippen molar-refractivity contribution in [1.82, 2.24) is 13.7 Å². The lowest BCUT2D eigenvalue weighted by Gasteiger charge is -2.30. The molecule has 0 saturated heterocycles. The number of rotatable bonds is 12. The molecule has 0 bridgehead atoms. The van der Waals surface area contributed by atoms with Gasteiger partial charge in [0.25, 0.3) is 0 Å². The SMILES string of the molecule is c1ccc(N(c2ccccc2)c2c3ccccc3c(-n3c4ccccc4c4ccccc43)c3cc4ccccc4cc23)cc1.c1ccc(N(c2ccccc2)c2cc3c4ccccc4c(-n4c5ccccc5c5ccccc54)cc3c3ccccc23)cc1.c1ccc(N(c2ccccc2)c2cc3ccc(-n4c5ccccc5c5ccccc54)cc3c3ccccc23)cc1. The van der Waals surface area contributed by atoms with Crippen LogP contribution in [0, 0.1) is 0 Å². The van der Waals surface area contributed by atoms with Crippen LogP contribution in [0.25, 0.3) is 169 Å². The highest BCUT2D eigenvalue weighted by Crippen LogP contribution is 2.52. The van der Waals surface area contributed by atoms with E-state index in [4.69, 9.17) is 0 Å². The fourth-order valence-corrected chi connectivity index (χ4v) is 20.2. The Labute approximate surface area is 740 Å². The lowest BCUT2D eigenvalue weighted by molar-refractivity contribution is 1.19. The average Bonchev–Trinajstić information content (AvgIpc) is 1.68. The van der Waals surface area contributed by atoms with Gasteiger partial charge in [0.15, 0.2) is 0 Å². The molecule has 0 aliphatic carbocycles. The van der Waals surface area contributed by atoms with Gasteiger partial charge in [-0.1, -0.05) is 346 Å². The predicted molar refractivity (Wildman–Crippen MR) is 546 cm³/mol. The summed E-state index contributed by atoms with van der Waals surface area (Å²) >= 11 is 0. The number of fused-ring (bicyclic) bond motifs is 20. The lowest BCUT2D eigenvalue weighted by Crippen LogP contribution is -2.12. The van der Waals surface area contributed by atoms with Gasteiger partial charge < -0.3 is 28.4 Å². The second-order valence-corrected chi connectivity index (χ2v) is 32.9. The summed E-state index contributed by atoms with van der Waals surface area (Å²) in [6.07, 6.45) is 0. The molecular weight excluding hydrogens is 1550 g/mol. The Morgan fingerprint density at radius 3 is 0.844 bits per heavy atom. The molecule has 26 rings (SSSR count). The van der Waals surface area contributed by atoms with E-state index >= 15 is 0 Å². The second kappa shape index (κ2) is 31.7. The van der Waals surface area contributed by atoms with Gasteiger partial charge in [0.05, 0.1) is 61.5 Å². The van der Waals surface area contributed by atoms with Crippen molar-refractivity contribution in [1.29, 1.82) is 0 Å². The number of hydrogen-bond acceptors (Lipinski definition) is 3. The molecule has 128 heavy (non-hydrogen) atoms. The third-order valence-corrected chi connectivity index (χ3v) is 25.7. The quantitative estimate of drug-likeness (QED) is 0.0900.